The zero-order valence-corrected chi connectivity index (χ0v) is 19.9. The molecule has 0 atom stereocenters. The molecule has 0 spiro atoms. The van der Waals surface area contributed by atoms with Crippen LogP contribution in [0.5, 0.6) is 5.75 Å². The molecule has 1 heterocycles. The van der Waals surface area contributed by atoms with Gasteiger partial charge in [0.05, 0.1) is 17.4 Å². The lowest BCUT2D eigenvalue weighted by Gasteiger charge is -2.17. The molecule has 5 rings (SSSR count). The molecule has 174 valence electrons. The Labute approximate surface area is 204 Å². The van der Waals surface area contributed by atoms with E-state index in [2.05, 4.69) is 5.32 Å². The van der Waals surface area contributed by atoms with Crippen LogP contribution in [-0.4, -0.2) is 17.9 Å². The van der Waals surface area contributed by atoms with Crippen LogP contribution in [0.25, 0.3) is 16.3 Å². The molecule has 5 heteroatoms. The lowest BCUT2D eigenvalue weighted by Crippen LogP contribution is -2.32. The van der Waals surface area contributed by atoms with Gasteiger partial charge in [0.15, 0.2) is 0 Å². The van der Waals surface area contributed by atoms with Crippen molar-refractivity contribution in [3.8, 4) is 5.75 Å². The Morgan fingerprint density at radius 1 is 0.771 bits per heavy atom. The summed E-state index contributed by atoms with van der Waals surface area (Å²) < 4.78 is 5.72. The number of hydrogen-bond donors (Lipinski definition) is 1. The minimum Gasteiger partial charge on any atom is -0.491 e. The summed E-state index contributed by atoms with van der Waals surface area (Å²) in [5.41, 5.74) is 3.65. The van der Waals surface area contributed by atoms with E-state index in [9.17, 15) is 9.59 Å². The van der Waals surface area contributed by atoms with Crippen LogP contribution in [0.3, 0.4) is 0 Å². The number of rotatable bonds is 6. The van der Waals surface area contributed by atoms with Gasteiger partial charge in [-0.3, -0.25) is 9.59 Å². The Morgan fingerprint density at radius 3 is 2.17 bits per heavy atom. The van der Waals surface area contributed by atoms with Crippen LogP contribution in [0.4, 0.5) is 11.4 Å². The number of fused-ring (bicyclic) bond motifs is 1. The van der Waals surface area contributed by atoms with E-state index < -0.39 is 5.91 Å². The Hall–Kier alpha value is -4.38. The lowest BCUT2D eigenvalue weighted by atomic mass is 10.0. The summed E-state index contributed by atoms with van der Waals surface area (Å²) in [6.07, 6.45) is 0.0298. The number of ether oxygens (including phenoxy) is 1. The van der Waals surface area contributed by atoms with E-state index >= 15 is 0 Å². The number of benzene rings is 4. The molecule has 0 aromatic heterocycles. The highest BCUT2D eigenvalue weighted by atomic mass is 16.5. The largest absolute Gasteiger partial charge is 0.491 e. The number of aryl methyl sites for hydroxylation is 1. The average Bonchev–Trinajstić information content (AvgIpc) is 3.09. The van der Waals surface area contributed by atoms with Gasteiger partial charge in [0.25, 0.3) is 11.8 Å². The molecule has 1 aliphatic heterocycles. The molecule has 5 nitrogen and oxygen atoms in total. The van der Waals surface area contributed by atoms with E-state index in [1.165, 1.54) is 4.90 Å². The molecule has 0 aliphatic carbocycles. The Balaban J connectivity index is 1.59. The fourth-order valence-electron chi connectivity index (χ4n) is 4.28. The zero-order chi connectivity index (χ0) is 24.5. The summed E-state index contributed by atoms with van der Waals surface area (Å²) in [5.74, 6) is -0.0705. The van der Waals surface area contributed by atoms with Gasteiger partial charge in [-0.05, 0) is 62.1 Å². The topological polar surface area (TPSA) is 58.6 Å². The quantitative estimate of drug-likeness (QED) is 0.340. The van der Waals surface area contributed by atoms with Crippen molar-refractivity contribution in [1.82, 2.24) is 0 Å². The molecular formula is C30H26N2O3. The van der Waals surface area contributed by atoms with Crippen LogP contribution >= 0.6 is 0 Å². The second kappa shape index (κ2) is 9.11. The summed E-state index contributed by atoms with van der Waals surface area (Å²) in [4.78, 5) is 28.7. The van der Waals surface area contributed by atoms with E-state index in [0.29, 0.717) is 22.6 Å². The highest BCUT2D eigenvalue weighted by molar-refractivity contribution is 6.46. The molecule has 0 radical (unpaired) electrons. The number of amides is 2. The molecule has 1 N–H and O–H groups in total. The van der Waals surface area contributed by atoms with E-state index in [1.54, 1.807) is 24.3 Å². The highest BCUT2D eigenvalue weighted by Crippen LogP contribution is 2.35. The molecule has 0 bridgehead atoms. The fraction of sp³-hybridized carbons (Fsp3) is 0.133. The number of hydrogen-bond acceptors (Lipinski definition) is 4. The molecule has 35 heavy (non-hydrogen) atoms. The third-order valence-corrected chi connectivity index (χ3v) is 5.94. The molecule has 0 unspecified atom stereocenters. The molecular weight excluding hydrogens is 436 g/mol. The zero-order valence-electron chi connectivity index (χ0n) is 19.9. The number of nitrogens with zero attached hydrogens (tertiary/aromatic N) is 1. The number of carbonyl (C=O) groups excluding carboxylic acids is 2. The van der Waals surface area contributed by atoms with Crippen LogP contribution in [0, 0.1) is 6.92 Å². The SMILES string of the molecule is Cc1ccc(C2=C(Nc3cccc4ccccc34)C(=O)N(c3ccc(OC(C)C)cc3)C2=O)cc1. The lowest BCUT2D eigenvalue weighted by molar-refractivity contribution is -0.120. The number of nitrogens with one attached hydrogen (secondary N) is 1. The van der Waals surface area contributed by atoms with Gasteiger partial charge in [0, 0.05) is 11.1 Å². The maximum atomic E-state index is 13.7. The average molecular weight is 463 g/mol. The third-order valence-electron chi connectivity index (χ3n) is 5.94. The van der Waals surface area contributed by atoms with Gasteiger partial charge in [-0.2, -0.15) is 0 Å². The van der Waals surface area contributed by atoms with Crippen molar-refractivity contribution in [2.45, 2.75) is 26.9 Å². The molecule has 0 fully saturated rings. The van der Waals surface area contributed by atoms with Crippen LogP contribution in [0.2, 0.25) is 0 Å². The number of imide groups is 1. The maximum absolute atomic E-state index is 13.7. The third kappa shape index (κ3) is 4.28. The molecule has 0 saturated heterocycles. The maximum Gasteiger partial charge on any atom is 0.282 e. The minimum atomic E-state index is -0.393. The highest BCUT2D eigenvalue weighted by Gasteiger charge is 2.40. The first kappa shape index (κ1) is 22.4. The van der Waals surface area contributed by atoms with Gasteiger partial charge in [0.2, 0.25) is 0 Å². The van der Waals surface area contributed by atoms with Crippen LogP contribution in [0.15, 0.2) is 96.7 Å². The van der Waals surface area contributed by atoms with Crippen LogP contribution in [0.1, 0.15) is 25.0 Å². The van der Waals surface area contributed by atoms with Crippen LogP contribution < -0.4 is 15.0 Å². The van der Waals surface area contributed by atoms with Gasteiger partial charge < -0.3 is 10.1 Å². The Kier molecular flexibility index (Phi) is 5.83. The second-order valence-corrected chi connectivity index (χ2v) is 8.87. The normalized spacial score (nSPS) is 13.8. The number of anilines is 2. The fourth-order valence-corrected chi connectivity index (χ4v) is 4.28. The first-order valence-corrected chi connectivity index (χ1v) is 11.6. The van der Waals surface area contributed by atoms with Crippen molar-refractivity contribution in [3.05, 3.63) is 108 Å². The van der Waals surface area contributed by atoms with Crippen molar-refractivity contribution in [3.63, 3.8) is 0 Å². The monoisotopic (exact) mass is 462 g/mol. The van der Waals surface area contributed by atoms with Gasteiger partial charge in [0.1, 0.15) is 11.4 Å². The van der Waals surface area contributed by atoms with Crippen molar-refractivity contribution in [1.29, 1.82) is 0 Å². The van der Waals surface area contributed by atoms with Crippen molar-refractivity contribution < 1.29 is 14.3 Å². The molecule has 2 amide bonds. The van der Waals surface area contributed by atoms with E-state index in [-0.39, 0.29) is 17.7 Å². The van der Waals surface area contributed by atoms with E-state index in [1.807, 2.05) is 87.5 Å². The predicted octanol–water partition coefficient (Wildman–Crippen LogP) is 6.33. The van der Waals surface area contributed by atoms with Gasteiger partial charge in [-0.15, -0.1) is 0 Å². The summed E-state index contributed by atoms with van der Waals surface area (Å²) in [6.45, 7) is 5.89. The summed E-state index contributed by atoms with van der Waals surface area (Å²) in [5, 5.41) is 5.32. The standard InChI is InChI=1S/C30H26N2O3/c1-19(2)35-24-17-15-23(16-18-24)32-29(33)27(22-13-11-20(3)12-14-22)28(30(32)34)31-26-10-6-8-21-7-4-5-9-25(21)26/h4-19,31H,1-3H3. The smallest absolute Gasteiger partial charge is 0.282 e. The molecule has 0 saturated carbocycles. The van der Waals surface area contributed by atoms with Gasteiger partial charge in [-0.1, -0.05) is 66.2 Å². The van der Waals surface area contributed by atoms with Gasteiger partial charge >= 0.3 is 0 Å². The van der Waals surface area contributed by atoms with Crippen molar-refractivity contribution in [2.24, 2.45) is 0 Å². The summed E-state index contributed by atoms with van der Waals surface area (Å²) >= 11 is 0. The van der Waals surface area contributed by atoms with Crippen molar-refractivity contribution in [2.75, 3.05) is 10.2 Å². The Bertz CT molecular complexity index is 1450. The number of carbonyl (C=O) groups is 2. The molecule has 4 aromatic carbocycles. The summed E-state index contributed by atoms with van der Waals surface area (Å²) in [6, 6.07) is 28.5. The molecule has 1 aliphatic rings. The predicted molar refractivity (Wildman–Crippen MR) is 140 cm³/mol. The minimum absolute atomic E-state index is 0.0298. The summed E-state index contributed by atoms with van der Waals surface area (Å²) in [7, 11) is 0. The van der Waals surface area contributed by atoms with Crippen molar-refractivity contribution >= 4 is 39.5 Å². The van der Waals surface area contributed by atoms with Crippen LogP contribution in [-0.2, 0) is 9.59 Å². The van der Waals surface area contributed by atoms with Gasteiger partial charge in [-0.25, -0.2) is 4.90 Å². The Morgan fingerprint density at radius 2 is 1.46 bits per heavy atom. The van der Waals surface area contributed by atoms with E-state index in [4.69, 9.17) is 4.74 Å². The molecule has 4 aromatic rings. The second-order valence-electron chi connectivity index (χ2n) is 8.87. The first-order valence-electron chi connectivity index (χ1n) is 11.6. The van der Waals surface area contributed by atoms with E-state index in [0.717, 1.165) is 22.0 Å². The first-order chi connectivity index (χ1) is 16.9.